The zero-order valence-electron chi connectivity index (χ0n) is 19.2. The molecule has 1 aromatic carbocycles. The maximum Gasteiger partial charge on any atom is 0.256 e. The van der Waals surface area contributed by atoms with Crippen LogP contribution in [0.3, 0.4) is 0 Å². The Morgan fingerprint density at radius 3 is 2.73 bits per heavy atom. The largest absolute Gasteiger partial charge is 0.494 e. The van der Waals surface area contributed by atoms with E-state index in [0.29, 0.717) is 30.5 Å². The van der Waals surface area contributed by atoms with Crippen LogP contribution in [0.15, 0.2) is 43.0 Å². The SMILES string of the molecule is CCCCOc1ccc(C2(C)CC(c3cnn(C4CCC4)c3)=C(c3ncn[nH]3)C(=O)N2)cc1. The van der Waals surface area contributed by atoms with Crippen molar-refractivity contribution in [2.24, 2.45) is 0 Å². The van der Waals surface area contributed by atoms with Gasteiger partial charge in [-0.15, -0.1) is 0 Å². The third-order valence-electron chi connectivity index (χ3n) is 6.76. The van der Waals surface area contributed by atoms with Gasteiger partial charge in [-0.1, -0.05) is 25.5 Å². The number of H-pyrrole nitrogens is 1. The lowest BCUT2D eigenvalue weighted by atomic mass is 9.78. The number of benzene rings is 1. The fourth-order valence-electron chi connectivity index (χ4n) is 4.53. The highest BCUT2D eigenvalue weighted by Gasteiger charge is 2.39. The fourth-order valence-corrected chi connectivity index (χ4v) is 4.53. The zero-order valence-corrected chi connectivity index (χ0v) is 19.2. The summed E-state index contributed by atoms with van der Waals surface area (Å²) in [5.41, 5.74) is 2.86. The Hall–Kier alpha value is -3.42. The van der Waals surface area contributed by atoms with Crippen molar-refractivity contribution < 1.29 is 9.53 Å². The van der Waals surface area contributed by atoms with Gasteiger partial charge in [-0.3, -0.25) is 14.6 Å². The monoisotopic (exact) mass is 446 g/mol. The molecule has 8 nitrogen and oxygen atoms in total. The first-order valence-electron chi connectivity index (χ1n) is 11.8. The van der Waals surface area contributed by atoms with Gasteiger partial charge in [0.15, 0.2) is 5.82 Å². The molecule has 1 amide bonds. The molecule has 172 valence electrons. The summed E-state index contributed by atoms with van der Waals surface area (Å²) in [6.45, 7) is 4.92. The average molecular weight is 447 g/mol. The summed E-state index contributed by atoms with van der Waals surface area (Å²) >= 11 is 0. The van der Waals surface area contributed by atoms with Crippen molar-refractivity contribution in [2.75, 3.05) is 6.61 Å². The summed E-state index contributed by atoms with van der Waals surface area (Å²) in [7, 11) is 0. The zero-order chi connectivity index (χ0) is 22.8. The molecule has 2 aromatic heterocycles. The lowest BCUT2D eigenvalue weighted by Gasteiger charge is -2.37. The molecule has 33 heavy (non-hydrogen) atoms. The maximum absolute atomic E-state index is 13.4. The van der Waals surface area contributed by atoms with E-state index in [1.165, 1.54) is 12.7 Å². The molecule has 2 N–H and O–H groups in total. The van der Waals surface area contributed by atoms with Crippen molar-refractivity contribution in [2.45, 2.75) is 64.0 Å². The van der Waals surface area contributed by atoms with Crippen molar-refractivity contribution in [1.82, 2.24) is 30.3 Å². The Kier molecular flexibility index (Phi) is 5.74. The molecule has 1 aliphatic heterocycles. The van der Waals surface area contributed by atoms with Crippen LogP contribution < -0.4 is 10.1 Å². The van der Waals surface area contributed by atoms with Gasteiger partial charge in [0.25, 0.3) is 5.91 Å². The van der Waals surface area contributed by atoms with E-state index in [-0.39, 0.29) is 5.91 Å². The van der Waals surface area contributed by atoms with Crippen LogP contribution in [0.5, 0.6) is 5.75 Å². The second-order valence-corrected chi connectivity index (χ2v) is 9.17. The number of hydrogen-bond acceptors (Lipinski definition) is 5. The summed E-state index contributed by atoms with van der Waals surface area (Å²) in [6, 6.07) is 8.49. The third kappa shape index (κ3) is 4.17. The van der Waals surface area contributed by atoms with Crippen LogP contribution in [0.2, 0.25) is 0 Å². The van der Waals surface area contributed by atoms with Gasteiger partial charge >= 0.3 is 0 Å². The number of ether oxygens (including phenoxy) is 1. The number of nitrogens with zero attached hydrogens (tertiary/aromatic N) is 4. The van der Waals surface area contributed by atoms with Gasteiger partial charge in [-0.05, 0) is 55.9 Å². The molecule has 5 rings (SSSR count). The standard InChI is InChI=1S/C25H30N6O2/c1-3-4-12-33-20-10-8-18(9-11-20)25(2)13-21(17-14-28-31(15-17)19-6-5-7-19)22(24(32)29-25)23-26-16-27-30-23/h8-11,14-16,19H,3-7,12-13H2,1-2H3,(H,29,32)(H,26,27,30). The predicted molar refractivity (Wildman–Crippen MR) is 125 cm³/mol. The van der Waals surface area contributed by atoms with Gasteiger partial charge in [-0.2, -0.15) is 10.2 Å². The smallest absolute Gasteiger partial charge is 0.256 e. The number of amides is 1. The summed E-state index contributed by atoms with van der Waals surface area (Å²) < 4.78 is 7.85. The number of unbranched alkanes of at least 4 members (excludes halogenated alkanes) is 1. The van der Waals surface area contributed by atoms with Gasteiger partial charge in [0.2, 0.25) is 0 Å². The highest BCUT2D eigenvalue weighted by atomic mass is 16.5. The summed E-state index contributed by atoms with van der Waals surface area (Å²) in [5, 5.41) is 14.7. The number of nitrogens with one attached hydrogen (secondary N) is 2. The lowest BCUT2D eigenvalue weighted by molar-refractivity contribution is -0.117. The highest BCUT2D eigenvalue weighted by Crippen LogP contribution is 2.41. The molecule has 3 heterocycles. The molecule has 1 fully saturated rings. The first kappa shape index (κ1) is 21.4. The lowest BCUT2D eigenvalue weighted by Crippen LogP contribution is -2.47. The molecular formula is C25H30N6O2. The van der Waals surface area contributed by atoms with Crippen molar-refractivity contribution in [3.63, 3.8) is 0 Å². The highest BCUT2D eigenvalue weighted by molar-refractivity contribution is 6.27. The van der Waals surface area contributed by atoms with Crippen LogP contribution >= 0.6 is 0 Å². The van der Waals surface area contributed by atoms with E-state index < -0.39 is 5.54 Å². The summed E-state index contributed by atoms with van der Waals surface area (Å²) in [4.78, 5) is 17.7. The third-order valence-corrected chi connectivity index (χ3v) is 6.76. The molecule has 1 aliphatic carbocycles. The number of aromatic amines is 1. The number of aromatic nitrogens is 5. The topological polar surface area (TPSA) is 97.7 Å². The first-order chi connectivity index (χ1) is 16.1. The minimum Gasteiger partial charge on any atom is -0.494 e. The quantitative estimate of drug-likeness (QED) is 0.504. The van der Waals surface area contributed by atoms with E-state index in [0.717, 1.165) is 48.1 Å². The number of hydrogen-bond donors (Lipinski definition) is 2. The molecule has 3 aromatic rings. The Morgan fingerprint density at radius 2 is 2.06 bits per heavy atom. The van der Waals surface area contributed by atoms with Crippen LogP contribution in [0, 0.1) is 0 Å². The van der Waals surface area contributed by atoms with Crippen LogP contribution in [0.1, 0.15) is 75.4 Å². The van der Waals surface area contributed by atoms with Crippen molar-refractivity contribution in [3.8, 4) is 5.75 Å². The molecule has 0 radical (unpaired) electrons. The number of carbonyl (C=O) groups excluding carboxylic acids is 1. The molecular weight excluding hydrogens is 416 g/mol. The molecule has 0 spiro atoms. The number of rotatable bonds is 8. The second kappa shape index (κ2) is 8.84. The minimum absolute atomic E-state index is 0.171. The van der Waals surface area contributed by atoms with Crippen LogP contribution in [-0.2, 0) is 10.3 Å². The van der Waals surface area contributed by atoms with Gasteiger partial charge in [-0.25, -0.2) is 4.98 Å². The molecule has 0 saturated heterocycles. The Bertz CT molecular complexity index is 1140. The van der Waals surface area contributed by atoms with E-state index in [9.17, 15) is 4.79 Å². The second-order valence-electron chi connectivity index (χ2n) is 9.17. The predicted octanol–water partition coefficient (Wildman–Crippen LogP) is 4.25. The molecule has 8 heteroatoms. The average Bonchev–Trinajstić information content (AvgIpc) is 3.45. The van der Waals surface area contributed by atoms with Gasteiger partial charge < -0.3 is 10.1 Å². The fraction of sp³-hybridized carbons (Fsp3) is 0.440. The number of carbonyl (C=O) groups is 1. The van der Waals surface area contributed by atoms with Gasteiger partial charge in [0.1, 0.15) is 12.1 Å². The normalized spacial score (nSPS) is 21.1. The van der Waals surface area contributed by atoms with Gasteiger partial charge in [0.05, 0.1) is 30.0 Å². The molecule has 1 saturated carbocycles. The molecule has 2 aliphatic rings. The Labute approximate surface area is 193 Å². The molecule has 0 bridgehead atoms. The van der Waals surface area contributed by atoms with Crippen molar-refractivity contribution in [1.29, 1.82) is 0 Å². The van der Waals surface area contributed by atoms with Crippen LogP contribution in [-0.4, -0.2) is 37.5 Å². The molecule has 1 atom stereocenters. The van der Waals surface area contributed by atoms with Crippen LogP contribution in [0.25, 0.3) is 11.1 Å². The summed E-state index contributed by atoms with van der Waals surface area (Å²) in [5.74, 6) is 1.15. The van der Waals surface area contributed by atoms with E-state index >= 15 is 0 Å². The van der Waals surface area contributed by atoms with Crippen molar-refractivity contribution >= 4 is 17.1 Å². The van der Waals surface area contributed by atoms with Gasteiger partial charge in [0, 0.05) is 18.2 Å². The van der Waals surface area contributed by atoms with E-state index in [4.69, 9.17) is 4.74 Å². The van der Waals surface area contributed by atoms with Crippen LogP contribution in [0.4, 0.5) is 0 Å². The maximum atomic E-state index is 13.4. The Morgan fingerprint density at radius 1 is 1.24 bits per heavy atom. The summed E-state index contributed by atoms with van der Waals surface area (Å²) in [6.07, 6.45) is 11.7. The van der Waals surface area contributed by atoms with E-state index in [2.05, 4.69) is 45.6 Å². The van der Waals surface area contributed by atoms with E-state index in [1.807, 2.05) is 35.1 Å². The minimum atomic E-state index is -0.573. The molecule has 1 unspecified atom stereocenters. The first-order valence-corrected chi connectivity index (χ1v) is 11.8. The Balaban J connectivity index is 1.48. The van der Waals surface area contributed by atoms with E-state index in [1.54, 1.807) is 0 Å². The van der Waals surface area contributed by atoms with Crippen molar-refractivity contribution in [3.05, 3.63) is 59.9 Å².